The second-order valence-electron chi connectivity index (χ2n) is 5.59. The Balaban J connectivity index is 1.41. The summed E-state index contributed by atoms with van der Waals surface area (Å²) in [4.78, 5) is 16.4. The quantitative estimate of drug-likeness (QED) is 0.788. The van der Waals surface area contributed by atoms with E-state index in [0.717, 1.165) is 16.9 Å². The number of aryl methyl sites for hydroxylation is 1. The summed E-state index contributed by atoms with van der Waals surface area (Å²) >= 11 is 0. The molecule has 1 aliphatic rings. The minimum absolute atomic E-state index is 0.161. The minimum Gasteiger partial charge on any atom is -0.454 e. The van der Waals surface area contributed by atoms with Crippen LogP contribution in [0.5, 0.6) is 11.5 Å². The van der Waals surface area contributed by atoms with Crippen LogP contribution in [0.2, 0.25) is 0 Å². The van der Waals surface area contributed by atoms with Crippen LogP contribution in [0.25, 0.3) is 11.5 Å². The maximum atomic E-state index is 12.3. The average Bonchev–Trinajstić information content (AvgIpc) is 3.28. The van der Waals surface area contributed by atoms with E-state index in [0.29, 0.717) is 29.6 Å². The van der Waals surface area contributed by atoms with Crippen molar-refractivity contribution in [2.24, 2.45) is 0 Å². The van der Waals surface area contributed by atoms with Crippen molar-refractivity contribution in [2.45, 2.75) is 13.5 Å². The van der Waals surface area contributed by atoms with Crippen molar-refractivity contribution >= 4 is 5.91 Å². The average molecular weight is 337 g/mol. The largest absolute Gasteiger partial charge is 0.454 e. The van der Waals surface area contributed by atoms with Crippen LogP contribution in [0.1, 0.15) is 21.7 Å². The first-order valence-corrected chi connectivity index (χ1v) is 7.76. The van der Waals surface area contributed by atoms with Crippen LogP contribution in [0, 0.1) is 6.92 Å². The molecule has 1 aromatic heterocycles. The molecule has 0 radical (unpaired) electrons. The molecule has 25 heavy (non-hydrogen) atoms. The highest BCUT2D eigenvalue weighted by Crippen LogP contribution is 2.32. The van der Waals surface area contributed by atoms with Crippen LogP contribution >= 0.6 is 0 Å². The van der Waals surface area contributed by atoms with Gasteiger partial charge in [-0.25, -0.2) is 0 Å². The molecule has 0 saturated carbocycles. The van der Waals surface area contributed by atoms with Gasteiger partial charge in [-0.2, -0.15) is 4.98 Å². The standard InChI is InChI=1S/C18H15N3O4/c1-11-20-18(25-21-11)14-5-3-13(4-6-14)17(22)19-9-12-2-7-15-16(8-12)24-10-23-15/h2-8H,9-10H2,1H3,(H,19,22). The van der Waals surface area contributed by atoms with Crippen molar-refractivity contribution in [3.8, 4) is 23.0 Å². The van der Waals surface area contributed by atoms with E-state index in [1.807, 2.05) is 18.2 Å². The SMILES string of the molecule is Cc1noc(-c2ccc(C(=O)NCc3ccc4c(c3)OCO4)cc2)n1. The van der Waals surface area contributed by atoms with Crippen LogP contribution in [-0.4, -0.2) is 22.8 Å². The number of carbonyl (C=O) groups excluding carboxylic acids is 1. The van der Waals surface area contributed by atoms with Crippen LogP contribution in [-0.2, 0) is 6.54 Å². The fourth-order valence-electron chi connectivity index (χ4n) is 2.51. The first kappa shape index (κ1) is 15.2. The third-order valence-corrected chi connectivity index (χ3v) is 3.81. The third-order valence-electron chi connectivity index (χ3n) is 3.81. The fraction of sp³-hybridized carbons (Fsp3) is 0.167. The van der Waals surface area contributed by atoms with Gasteiger partial charge in [-0.15, -0.1) is 0 Å². The number of nitrogens with zero attached hydrogens (tertiary/aromatic N) is 2. The number of hydrogen-bond donors (Lipinski definition) is 1. The molecule has 1 amide bonds. The van der Waals surface area contributed by atoms with E-state index in [1.165, 1.54) is 0 Å². The molecular weight excluding hydrogens is 322 g/mol. The number of nitrogens with one attached hydrogen (secondary N) is 1. The predicted molar refractivity (Wildman–Crippen MR) is 88.2 cm³/mol. The number of ether oxygens (including phenoxy) is 2. The number of carbonyl (C=O) groups is 1. The second-order valence-corrected chi connectivity index (χ2v) is 5.59. The predicted octanol–water partition coefficient (Wildman–Crippen LogP) is 2.70. The highest BCUT2D eigenvalue weighted by atomic mass is 16.7. The lowest BCUT2D eigenvalue weighted by Crippen LogP contribution is -2.22. The van der Waals surface area contributed by atoms with E-state index in [2.05, 4.69) is 15.5 Å². The highest BCUT2D eigenvalue weighted by Gasteiger charge is 2.14. The van der Waals surface area contributed by atoms with Crippen LogP contribution in [0.15, 0.2) is 47.0 Å². The summed E-state index contributed by atoms with van der Waals surface area (Å²) in [7, 11) is 0. The molecule has 2 aromatic carbocycles. The molecule has 3 aromatic rings. The van der Waals surface area contributed by atoms with Crippen molar-refractivity contribution < 1.29 is 18.8 Å². The summed E-state index contributed by atoms with van der Waals surface area (Å²) in [5.41, 5.74) is 2.27. The number of hydrogen-bond acceptors (Lipinski definition) is 6. The molecular formula is C18H15N3O4. The molecule has 0 fully saturated rings. The van der Waals surface area contributed by atoms with E-state index in [9.17, 15) is 4.79 Å². The molecule has 7 heteroatoms. The monoisotopic (exact) mass is 337 g/mol. The normalized spacial score (nSPS) is 12.2. The first-order chi connectivity index (χ1) is 12.2. The van der Waals surface area contributed by atoms with Gasteiger partial charge in [0.25, 0.3) is 11.8 Å². The smallest absolute Gasteiger partial charge is 0.257 e. The number of rotatable bonds is 4. The molecule has 0 atom stereocenters. The van der Waals surface area contributed by atoms with Crippen molar-refractivity contribution in [3.05, 3.63) is 59.4 Å². The lowest BCUT2D eigenvalue weighted by Gasteiger charge is -2.06. The van der Waals surface area contributed by atoms with E-state index in [-0.39, 0.29) is 12.7 Å². The molecule has 2 heterocycles. The van der Waals surface area contributed by atoms with Gasteiger partial charge in [0.2, 0.25) is 6.79 Å². The van der Waals surface area contributed by atoms with Gasteiger partial charge in [0.15, 0.2) is 17.3 Å². The Labute approximate surface area is 143 Å². The van der Waals surface area contributed by atoms with Crippen molar-refractivity contribution in [3.63, 3.8) is 0 Å². The van der Waals surface area contributed by atoms with Crippen LogP contribution in [0.4, 0.5) is 0 Å². The summed E-state index contributed by atoms with van der Waals surface area (Å²) in [6.07, 6.45) is 0. The molecule has 0 saturated heterocycles. The molecule has 1 N–H and O–H groups in total. The van der Waals surface area contributed by atoms with Gasteiger partial charge in [0, 0.05) is 17.7 Å². The van der Waals surface area contributed by atoms with Crippen molar-refractivity contribution in [2.75, 3.05) is 6.79 Å². The topological polar surface area (TPSA) is 86.5 Å². The van der Waals surface area contributed by atoms with E-state index in [4.69, 9.17) is 14.0 Å². The summed E-state index contributed by atoms with van der Waals surface area (Å²) in [5.74, 6) is 2.27. The zero-order chi connectivity index (χ0) is 17.2. The number of fused-ring (bicyclic) bond motifs is 1. The van der Waals surface area contributed by atoms with Crippen LogP contribution < -0.4 is 14.8 Å². The second kappa shape index (κ2) is 6.27. The van der Waals surface area contributed by atoms with E-state index >= 15 is 0 Å². The Hall–Kier alpha value is -3.35. The van der Waals surface area contributed by atoms with Crippen molar-refractivity contribution in [1.82, 2.24) is 15.5 Å². The molecule has 1 aliphatic heterocycles. The summed E-state index contributed by atoms with van der Waals surface area (Å²) < 4.78 is 15.7. The third kappa shape index (κ3) is 3.16. The fourth-order valence-corrected chi connectivity index (χ4v) is 2.51. The molecule has 7 nitrogen and oxygen atoms in total. The van der Waals surface area contributed by atoms with E-state index in [1.54, 1.807) is 31.2 Å². The molecule has 4 rings (SSSR count). The lowest BCUT2D eigenvalue weighted by molar-refractivity contribution is 0.0951. The van der Waals surface area contributed by atoms with Gasteiger partial charge in [0.1, 0.15) is 0 Å². The zero-order valence-corrected chi connectivity index (χ0v) is 13.5. The Bertz CT molecular complexity index is 918. The maximum Gasteiger partial charge on any atom is 0.257 e. The molecule has 0 unspecified atom stereocenters. The van der Waals surface area contributed by atoms with Gasteiger partial charge < -0.3 is 19.3 Å². The van der Waals surface area contributed by atoms with Gasteiger partial charge in [-0.05, 0) is 48.9 Å². The number of aromatic nitrogens is 2. The van der Waals surface area contributed by atoms with Gasteiger partial charge in [-0.1, -0.05) is 11.2 Å². The lowest BCUT2D eigenvalue weighted by atomic mass is 10.1. The number of amides is 1. The molecule has 126 valence electrons. The van der Waals surface area contributed by atoms with Crippen LogP contribution in [0.3, 0.4) is 0 Å². The number of benzene rings is 2. The molecule has 0 spiro atoms. The summed E-state index contributed by atoms with van der Waals surface area (Å²) in [6, 6.07) is 12.6. The maximum absolute atomic E-state index is 12.3. The minimum atomic E-state index is -0.161. The Kier molecular flexibility index (Phi) is 3.81. The van der Waals surface area contributed by atoms with E-state index < -0.39 is 0 Å². The van der Waals surface area contributed by atoms with Gasteiger partial charge in [0.05, 0.1) is 0 Å². The molecule has 0 bridgehead atoms. The Morgan fingerprint density at radius 2 is 1.92 bits per heavy atom. The molecule has 0 aliphatic carbocycles. The van der Waals surface area contributed by atoms with Crippen molar-refractivity contribution in [1.29, 1.82) is 0 Å². The zero-order valence-electron chi connectivity index (χ0n) is 13.5. The summed E-state index contributed by atoms with van der Waals surface area (Å²) in [6.45, 7) is 2.39. The Morgan fingerprint density at radius 3 is 2.68 bits per heavy atom. The Morgan fingerprint density at radius 1 is 1.12 bits per heavy atom. The summed E-state index contributed by atoms with van der Waals surface area (Å²) in [5, 5.41) is 6.64. The first-order valence-electron chi connectivity index (χ1n) is 7.76. The van der Waals surface area contributed by atoms with Gasteiger partial charge in [-0.3, -0.25) is 4.79 Å². The van der Waals surface area contributed by atoms with Gasteiger partial charge >= 0.3 is 0 Å². The highest BCUT2D eigenvalue weighted by molar-refractivity contribution is 5.94.